The van der Waals surface area contributed by atoms with Crippen LogP contribution in [0.2, 0.25) is 0 Å². The minimum atomic E-state index is 0.146. The van der Waals surface area contributed by atoms with E-state index < -0.39 is 0 Å². The zero-order valence-electron chi connectivity index (χ0n) is 12.0. The average molecular weight is 256 g/mol. The van der Waals surface area contributed by atoms with Crippen molar-refractivity contribution in [3.63, 3.8) is 0 Å². The fraction of sp³-hybridized carbons (Fsp3) is 0.375. The van der Waals surface area contributed by atoms with E-state index in [4.69, 9.17) is 0 Å². The van der Waals surface area contributed by atoms with Crippen LogP contribution in [0.1, 0.15) is 39.8 Å². The molecule has 0 saturated carbocycles. The standard InChI is InChI=1S/C16H20N2O/c1-5-13-6-8-14(9-7-13)10-15(19)16-11(2)17-18(4)12(16)3/h6-9H,5,10H2,1-4H3. The quantitative estimate of drug-likeness (QED) is 0.788. The van der Waals surface area contributed by atoms with E-state index in [-0.39, 0.29) is 5.78 Å². The number of ketones is 1. The Kier molecular flexibility index (Phi) is 3.84. The van der Waals surface area contributed by atoms with Crippen LogP contribution in [-0.2, 0) is 19.9 Å². The maximum Gasteiger partial charge on any atom is 0.170 e. The number of hydrogen-bond donors (Lipinski definition) is 0. The third-order valence-electron chi connectivity index (χ3n) is 3.58. The average Bonchev–Trinajstić information content (AvgIpc) is 2.64. The van der Waals surface area contributed by atoms with E-state index in [1.54, 1.807) is 4.68 Å². The Hall–Kier alpha value is -1.90. The summed E-state index contributed by atoms with van der Waals surface area (Å²) in [4.78, 5) is 12.4. The van der Waals surface area contributed by atoms with Gasteiger partial charge in [0.25, 0.3) is 0 Å². The van der Waals surface area contributed by atoms with Crippen LogP contribution in [0.4, 0.5) is 0 Å². The van der Waals surface area contributed by atoms with E-state index in [9.17, 15) is 4.79 Å². The molecule has 0 saturated heterocycles. The summed E-state index contributed by atoms with van der Waals surface area (Å²) >= 11 is 0. The molecule has 3 nitrogen and oxygen atoms in total. The van der Waals surface area contributed by atoms with Crippen molar-refractivity contribution in [3.05, 3.63) is 52.3 Å². The lowest BCUT2D eigenvalue weighted by molar-refractivity contribution is 0.0991. The van der Waals surface area contributed by atoms with E-state index in [2.05, 4.69) is 24.2 Å². The number of aryl methyl sites for hydroxylation is 3. The van der Waals surface area contributed by atoms with Crippen LogP contribution >= 0.6 is 0 Å². The lowest BCUT2D eigenvalue weighted by Crippen LogP contribution is -2.06. The molecule has 0 N–H and O–H groups in total. The van der Waals surface area contributed by atoms with E-state index >= 15 is 0 Å². The van der Waals surface area contributed by atoms with E-state index in [1.807, 2.05) is 33.0 Å². The Labute approximate surface area is 114 Å². The highest BCUT2D eigenvalue weighted by atomic mass is 16.1. The van der Waals surface area contributed by atoms with Gasteiger partial charge in [0.2, 0.25) is 0 Å². The number of benzene rings is 1. The number of carbonyl (C=O) groups excluding carboxylic acids is 1. The molecule has 19 heavy (non-hydrogen) atoms. The topological polar surface area (TPSA) is 34.9 Å². The van der Waals surface area contributed by atoms with Crippen molar-refractivity contribution in [2.24, 2.45) is 7.05 Å². The Morgan fingerprint density at radius 3 is 2.21 bits per heavy atom. The number of nitrogens with zero attached hydrogens (tertiary/aromatic N) is 2. The van der Waals surface area contributed by atoms with Gasteiger partial charge in [0.15, 0.2) is 5.78 Å². The zero-order valence-corrected chi connectivity index (χ0v) is 12.0. The summed E-state index contributed by atoms with van der Waals surface area (Å²) in [5, 5.41) is 4.30. The molecule has 1 heterocycles. The van der Waals surface area contributed by atoms with Gasteiger partial charge in [0, 0.05) is 19.2 Å². The third-order valence-corrected chi connectivity index (χ3v) is 3.58. The van der Waals surface area contributed by atoms with Crippen molar-refractivity contribution in [2.45, 2.75) is 33.6 Å². The van der Waals surface area contributed by atoms with Gasteiger partial charge >= 0.3 is 0 Å². The predicted octanol–water partition coefficient (Wildman–Crippen LogP) is 3.02. The van der Waals surface area contributed by atoms with Gasteiger partial charge in [-0.05, 0) is 31.4 Å². The van der Waals surface area contributed by atoms with Crippen molar-refractivity contribution < 1.29 is 4.79 Å². The fourth-order valence-corrected chi connectivity index (χ4v) is 2.34. The summed E-state index contributed by atoms with van der Waals surface area (Å²) < 4.78 is 1.77. The van der Waals surface area contributed by atoms with Crippen LogP contribution < -0.4 is 0 Å². The Balaban J connectivity index is 2.20. The normalized spacial score (nSPS) is 10.7. The highest BCUT2D eigenvalue weighted by Crippen LogP contribution is 2.16. The first-order valence-corrected chi connectivity index (χ1v) is 6.64. The van der Waals surface area contributed by atoms with Gasteiger partial charge < -0.3 is 0 Å². The van der Waals surface area contributed by atoms with Crippen LogP contribution in [0, 0.1) is 13.8 Å². The Morgan fingerprint density at radius 1 is 1.16 bits per heavy atom. The number of Topliss-reactive ketones (excluding diaryl/α,β-unsaturated/α-hetero) is 1. The first-order valence-electron chi connectivity index (χ1n) is 6.64. The lowest BCUT2D eigenvalue weighted by atomic mass is 10.0. The van der Waals surface area contributed by atoms with E-state index in [1.165, 1.54) is 5.56 Å². The van der Waals surface area contributed by atoms with Crippen LogP contribution in [0.5, 0.6) is 0 Å². The van der Waals surface area contributed by atoms with E-state index in [0.29, 0.717) is 6.42 Å². The molecule has 0 aliphatic rings. The molecule has 2 rings (SSSR count). The minimum Gasteiger partial charge on any atom is -0.294 e. The van der Waals surface area contributed by atoms with Crippen LogP contribution in [-0.4, -0.2) is 15.6 Å². The van der Waals surface area contributed by atoms with Crippen molar-refractivity contribution >= 4 is 5.78 Å². The summed E-state index contributed by atoms with van der Waals surface area (Å²) in [6.45, 7) is 5.95. The van der Waals surface area contributed by atoms with Crippen molar-refractivity contribution in [3.8, 4) is 0 Å². The van der Waals surface area contributed by atoms with Crippen LogP contribution in [0.15, 0.2) is 24.3 Å². The van der Waals surface area contributed by atoms with E-state index in [0.717, 1.165) is 28.9 Å². The van der Waals surface area contributed by atoms with Crippen molar-refractivity contribution in [1.82, 2.24) is 9.78 Å². The highest BCUT2D eigenvalue weighted by Gasteiger charge is 2.17. The monoisotopic (exact) mass is 256 g/mol. The van der Waals surface area contributed by atoms with Gasteiger partial charge in [0.05, 0.1) is 11.3 Å². The molecule has 1 aromatic heterocycles. The SMILES string of the molecule is CCc1ccc(CC(=O)c2c(C)nn(C)c2C)cc1. The summed E-state index contributed by atoms with van der Waals surface area (Å²) in [6, 6.07) is 8.26. The maximum absolute atomic E-state index is 12.4. The smallest absolute Gasteiger partial charge is 0.170 e. The number of hydrogen-bond acceptors (Lipinski definition) is 2. The molecule has 0 aliphatic carbocycles. The van der Waals surface area contributed by atoms with Gasteiger partial charge in [-0.2, -0.15) is 5.10 Å². The Bertz CT molecular complexity index is 594. The molecule has 0 aliphatic heterocycles. The summed E-state index contributed by atoms with van der Waals surface area (Å²) in [5.41, 5.74) is 4.87. The van der Waals surface area contributed by atoms with Gasteiger partial charge in [-0.25, -0.2) is 0 Å². The molecule has 0 amide bonds. The molecule has 3 heteroatoms. The predicted molar refractivity (Wildman–Crippen MR) is 76.5 cm³/mol. The van der Waals surface area contributed by atoms with Gasteiger partial charge in [-0.15, -0.1) is 0 Å². The molecular weight excluding hydrogens is 236 g/mol. The second kappa shape index (κ2) is 5.39. The molecule has 2 aromatic rings. The molecular formula is C16H20N2O. The second-order valence-electron chi connectivity index (χ2n) is 4.94. The number of carbonyl (C=O) groups is 1. The minimum absolute atomic E-state index is 0.146. The number of rotatable bonds is 4. The molecule has 1 aromatic carbocycles. The molecule has 100 valence electrons. The molecule has 0 fully saturated rings. The Morgan fingerprint density at radius 2 is 1.74 bits per heavy atom. The summed E-state index contributed by atoms with van der Waals surface area (Å²) in [6.07, 6.45) is 1.46. The summed E-state index contributed by atoms with van der Waals surface area (Å²) in [7, 11) is 1.87. The molecule has 0 atom stereocenters. The third kappa shape index (κ3) is 2.75. The molecule has 0 spiro atoms. The van der Waals surface area contributed by atoms with Crippen molar-refractivity contribution in [2.75, 3.05) is 0 Å². The number of aromatic nitrogens is 2. The first kappa shape index (κ1) is 13.5. The molecule has 0 bridgehead atoms. The van der Waals surface area contributed by atoms with Crippen LogP contribution in [0.25, 0.3) is 0 Å². The lowest BCUT2D eigenvalue weighted by Gasteiger charge is -2.03. The van der Waals surface area contributed by atoms with Gasteiger partial charge in [-0.1, -0.05) is 31.2 Å². The zero-order chi connectivity index (χ0) is 14.0. The van der Waals surface area contributed by atoms with Crippen molar-refractivity contribution in [1.29, 1.82) is 0 Å². The summed E-state index contributed by atoms with van der Waals surface area (Å²) in [5.74, 6) is 0.146. The molecule has 0 radical (unpaired) electrons. The maximum atomic E-state index is 12.4. The van der Waals surface area contributed by atoms with Gasteiger partial charge in [0.1, 0.15) is 0 Å². The van der Waals surface area contributed by atoms with Gasteiger partial charge in [-0.3, -0.25) is 9.48 Å². The fourth-order valence-electron chi connectivity index (χ4n) is 2.34. The largest absolute Gasteiger partial charge is 0.294 e. The van der Waals surface area contributed by atoms with Crippen LogP contribution in [0.3, 0.4) is 0 Å². The highest BCUT2D eigenvalue weighted by molar-refractivity contribution is 5.99. The molecule has 0 unspecified atom stereocenters. The second-order valence-corrected chi connectivity index (χ2v) is 4.94. The first-order chi connectivity index (χ1) is 9.02.